The monoisotopic (exact) mass is 316 g/mol. The smallest absolute Gasteiger partial charge is 0.276 e. The van der Waals surface area contributed by atoms with Gasteiger partial charge in [0.2, 0.25) is 0 Å². The molecule has 1 saturated heterocycles. The number of hydrogen-bond donors (Lipinski definition) is 1. The fraction of sp³-hybridized carbons (Fsp3) is 0.412. The molecule has 1 amide bonds. The van der Waals surface area contributed by atoms with Crippen molar-refractivity contribution in [2.75, 3.05) is 13.1 Å². The molecule has 1 atom stereocenters. The van der Waals surface area contributed by atoms with Gasteiger partial charge in [-0.15, -0.1) is 0 Å². The number of nitrogens with zero attached hydrogens (tertiary/aromatic N) is 2. The van der Waals surface area contributed by atoms with E-state index in [1.807, 2.05) is 0 Å². The molecule has 1 N–H and O–H groups in total. The zero-order valence-electron chi connectivity index (χ0n) is 12.5. The topological polar surface area (TPSA) is 66.6 Å². The lowest BCUT2D eigenvalue weighted by Crippen LogP contribution is -2.34. The van der Waals surface area contributed by atoms with Gasteiger partial charge in [0.05, 0.1) is 6.54 Å². The second-order valence-corrected chi connectivity index (χ2v) is 6.40. The molecular weight excluding hydrogens is 299 g/mol. The lowest BCUT2D eigenvalue weighted by atomic mass is 9.93. The number of carbonyl (C=O) groups is 1. The van der Waals surface area contributed by atoms with Crippen LogP contribution < -0.4 is 0 Å². The highest BCUT2D eigenvalue weighted by Crippen LogP contribution is 2.40. The summed E-state index contributed by atoms with van der Waals surface area (Å²) < 4.78 is 18.2. The Morgan fingerprint density at radius 2 is 2.09 bits per heavy atom. The van der Waals surface area contributed by atoms with E-state index in [1.54, 1.807) is 23.1 Å². The summed E-state index contributed by atoms with van der Waals surface area (Å²) in [7, 11) is 0. The van der Waals surface area contributed by atoms with Crippen LogP contribution in [0.15, 0.2) is 34.9 Å². The predicted molar refractivity (Wildman–Crippen MR) is 79.3 cm³/mol. The van der Waals surface area contributed by atoms with Crippen molar-refractivity contribution < 1.29 is 18.8 Å². The Morgan fingerprint density at radius 3 is 2.78 bits per heavy atom. The van der Waals surface area contributed by atoms with Crippen LogP contribution in [0.1, 0.15) is 47.0 Å². The van der Waals surface area contributed by atoms with Crippen molar-refractivity contribution in [2.24, 2.45) is 0 Å². The summed E-state index contributed by atoms with van der Waals surface area (Å²) in [5.74, 6) is 0.581. The van der Waals surface area contributed by atoms with Gasteiger partial charge in [0.25, 0.3) is 5.91 Å². The Kier molecular flexibility index (Phi) is 3.23. The molecule has 120 valence electrons. The molecule has 1 aromatic heterocycles. The standard InChI is InChI=1S/C17H17FN2O3/c18-13-5-3-12(4-6-13)17(22)7-8-20(10-17)16(21)14-9-15(23-19-14)11-1-2-11/h3-6,9,11,22H,1-2,7-8,10H2. The number of rotatable bonds is 3. The second kappa shape index (κ2) is 5.16. The lowest BCUT2D eigenvalue weighted by molar-refractivity contribution is 0.0413. The quantitative estimate of drug-likeness (QED) is 0.944. The van der Waals surface area contributed by atoms with E-state index < -0.39 is 5.60 Å². The van der Waals surface area contributed by atoms with Gasteiger partial charge in [0, 0.05) is 18.5 Å². The van der Waals surface area contributed by atoms with Crippen molar-refractivity contribution in [3.05, 3.63) is 53.2 Å². The third kappa shape index (κ3) is 2.63. The summed E-state index contributed by atoms with van der Waals surface area (Å²) in [5, 5.41) is 14.6. The van der Waals surface area contributed by atoms with Crippen molar-refractivity contribution in [1.29, 1.82) is 0 Å². The molecule has 0 radical (unpaired) electrons. The Labute approximate surface area is 132 Å². The van der Waals surface area contributed by atoms with Crippen LogP contribution in [0, 0.1) is 5.82 Å². The van der Waals surface area contributed by atoms with Gasteiger partial charge in [-0.05, 0) is 37.0 Å². The molecule has 1 aliphatic carbocycles. The van der Waals surface area contributed by atoms with Gasteiger partial charge in [-0.2, -0.15) is 0 Å². The highest BCUT2D eigenvalue weighted by atomic mass is 19.1. The van der Waals surface area contributed by atoms with E-state index in [0.29, 0.717) is 24.4 Å². The van der Waals surface area contributed by atoms with Crippen molar-refractivity contribution in [1.82, 2.24) is 10.1 Å². The van der Waals surface area contributed by atoms with E-state index in [2.05, 4.69) is 5.16 Å². The summed E-state index contributed by atoms with van der Waals surface area (Å²) in [6.45, 7) is 0.599. The zero-order valence-corrected chi connectivity index (χ0v) is 12.5. The minimum atomic E-state index is -1.15. The highest BCUT2D eigenvalue weighted by Gasteiger charge is 2.40. The number of aliphatic hydroxyl groups is 1. The third-order valence-corrected chi connectivity index (χ3v) is 4.64. The van der Waals surface area contributed by atoms with E-state index >= 15 is 0 Å². The Morgan fingerprint density at radius 1 is 1.35 bits per heavy atom. The molecule has 23 heavy (non-hydrogen) atoms. The highest BCUT2D eigenvalue weighted by molar-refractivity contribution is 5.92. The first kappa shape index (κ1) is 14.4. The summed E-state index contributed by atoms with van der Waals surface area (Å²) in [5.41, 5.74) is -0.241. The van der Waals surface area contributed by atoms with Gasteiger partial charge in [0.15, 0.2) is 5.69 Å². The van der Waals surface area contributed by atoms with Crippen LogP contribution in [0.3, 0.4) is 0 Å². The van der Waals surface area contributed by atoms with Gasteiger partial charge in [-0.1, -0.05) is 17.3 Å². The van der Waals surface area contributed by atoms with Gasteiger partial charge < -0.3 is 14.5 Å². The van der Waals surface area contributed by atoms with Crippen molar-refractivity contribution in [2.45, 2.75) is 30.8 Å². The minimum absolute atomic E-state index is 0.170. The maximum Gasteiger partial charge on any atom is 0.276 e. The molecule has 1 unspecified atom stereocenters. The zero-order chi connectivity index (χ0) is 16.0. The number of aromatic nitrogens is 1. The van der Waals surface area contributed by atoms with Crippen molar-refractivity contribution >= 4 is 5.91 Å². The van der Waals surface area contributed by atoms with Crippen LogP contribution >= 0.6 is 0 Å². The fourth-order valence-corrected chi connectivity index (χ4v) is 3.08. The number of hydrogen-bond acceptors (Lipinski definition) is 4. The summed E-state index contributed by atoms with van der Waals surface area (Å²) >= 11 is 0. The van der Waals surface area contributed by atoms with E-state index in [-0.39, 0.29) is 24.0 Å². The molecule has 0 spiro atoms. The lowest BCUT2D eigenvalue weighted by Gasteiger charge is -2.23. The van der Waals surface area contributed by atoms with Gasteiger partial charge in [-0.25, -0.2) is 4.39 Å². The van der Waals surface area contributed by atoms with E-state index in [1.165, 1.54) is 12.1 Å². The number of carbonyl (C=O) groups excluding carboxylic acids is 1. The van der Waals surface area contributed by atoms with E-state index in [0.717, 1.165) is 18.6 Å². The van der Waals surface area contributed by atoms with Crippen LogP contribution in [0.25, 0.3) is 0 Å². The number of β-amino-alcohol motifs (C(OH)–C–C–N with tert-alkyl or cyclic N) is 1. The Bertz CT molecular complexity index is 739. The van der Waals surface area contributed by atoms with Gasteiger partial charge >= 0.3 is 0 Å². The molecule has 2 aromatic rings. The predicted octanol–water partition coefficient (Wildman–Crippen LogP) is 2.42. The largest absolute Gasteiger partial charge is 0.383 e. The first-order chi connectivity index (χ1) is 11.0. The molecule has 1 aliphatic heterocycles. The molecule has 2 aliphatic rings. The van der Waals surface area contributed by atoms with E-state index in [9.17, 15) is 14.3 Å². The average Bonchev–Trinajstić information content (AvgIpc) is 3.14. The molecule has 1 aromatic carbocycles. The molecule has 4 rings (SSSR count). The van der Waals surface area contributed by atoms with E-state index in [4.69, 9.17) is 4.52 Å². The molecule has 6 heteroatoms. The Hall–Kier alpha value is -2.21. The summed E-state index contributed by atoms with van der Waals surface area (Å²) in [6, 6.07) is 7.46. The molecule has 2 fully saturated rings. The second-order valence-electron chi connectivity index (χ2n) is 6.40. The van der Waals surface area contributed by atoms with Gasteiger partial charge in [-0.3, -0.25) is 4.79 Å². The van der Waals surface area contributed by atoms with Crippen LogP contribution in [-0.4, -0.2) is 34.2 Å². The van der Waals surface area contributed by atoms with Crippen molar-refractivity contribution in [3.8, 4) is 0 Å². The maximum absolute atomic E-state index is 13.0. The number of benzene rings is 1. The van der Waals surface area contributed by atoms with Crippen LogP contribution in [-0.2, 0) is 5.60 Å². The number of amides is 1. The number of halogens is 1. The SMILES string of the molecule is O=C(c1cc(C2CC2)on1)N1CCC(O)(c2ccc(F)cc2)C1. The first-order valence-electron chi connectivity index (χ1n) is 7.79. The minimum Gasteiger partial charge on any atom is -0.383 e. The van der Waals surface area contributed by atoms with Gasteiger partial charge in [0.1, 0.15) is 17.2 Å². The number of likely N-dealkylation sites (tertiary alicyclic amines) is 1. The van der Waals surface area contributed by atoms with Crippen LogP contribution in [0.5, 0.6) is 0 Å². The average molecular weight is 316 g/mol. The fourth-order valence-electron chi connectivity index (χ4n) is 3.08. The van der Waals surface area contributed by atoms with Crippen LogP contribution in [0.4, 0.5) is 4.39 Å². The maximum atomic E-state index is 13.0. The third-order valence-electron chi connectivity index (χ3n) is 4.64. The molecule has 1 saturated carbocycles. The Balaban J connectivity index is 1.50. The summed E-state index contributed by atoms with van der Waals surface area (Å²) in [4.78, 5) is 14.1. The molecule has 0 bridgehead atoms. The molecule has 5 nitrogen and oxygen atoms in total. The van der Waals surface area contributed by atoms with Crippen molar-refractivity contribution in [3.63, 3.8) is 0 Å². The first-order valence-corrected chi connectivity index (χ1v) is 7.79. The van der Waals surface area contributed by atoms with Crippen LogP contribution in [0.2, 0.25) is 0 Å². The molecule has 2 heterocycles. The molecular formula is C17H17FN2O3. The normalized spacial score (nSPS) is 24.2. The summed E-state index contributed by atoms with van der Waals surface area (Å²) in [6.07, 6.45) is 2.57.